The molecule has 2 heterocycles. The van der Waals surface area contributed by atoms with Gasteiger partial charge < -0.3 is 40.5 Å². The third-order valence-corrected chi connectivity index (χ3v) is 9.56. The lowest BCUT2D eigenvalue weighted by atomic mass is 10.1. The van der Waals surface area contributed by atoms with Gasteiger partial charge in [0.1, 0.15) is 18.3 Å². The Bertz CT molecular complexity index is 1850. The molecular formula is C31H38ClF3N7O7P. The minimum absolute atomic E-state index is 0.0409. The molecule has 0 radical (unpaired) electrons. The number of carboxylic acids is 1. The molecule has 0 atom stereocenters. The minimum atomic E-state index is -5.19. The number of nitrogens with two attached hydrogens (primary N) is 2. The zero-order chi connectivity index (χ0) is 37.2. The SMILES string of the molecule is CCOP(=O)(OCC)c1ccc(CCC[n+]2c(CNC(=O)c3nc(Cl)c(N)nc3N)n(CC)c3cc(OC)ccc32)cc1.O=C([O-])C(F)(F)F. The highest BCUT2D eigenvalue weighted by atomic mass is 35.5. The molecule has 0 aliphatic carbocycles. The number of hydrogen-bond acceptors (Lipinski definition) is 11. The quantitative estimate of drug-likeness (QED) is 0.126. The molecule has 0 aliphatic heterocycles. The fraction of sp³-hybridized carbons (Fsp3) is 0.387. The Balaban J connectivity index is 0.000000872. The Kier molecular flexibility index (Phi) is 14.0. The molecule has 19 heteroatoms. The van der Waals surface area contributed by atoms with Crippen LogP contribution < -0.4 is 36.5 Å². The fourth-order valence-corrected chi connectivity index (χ4v) is 6.65. The van der Waals surface area contributed by atoms with E-state index in [-0.39, 0.29) is 29.0 Å². The molecule has 2 aromatic heterocycles. The van der Waals surface area contributed by atoms with E-state index in [0.29, 0.717) is 31.6 Å². The molecule has 2 aromatic carbocycles. The lowest BCUT2D eigenvalue weighted by Crippen LogP contribution is -2.41. The number of carbonyl (C=O) groups is 2. The zero-order valence-corrected chi connectivity index (χ0v) is 29.4. The van der Waals surface area contributed by atoms with E-state index in [4.69, 9.17) is 46.8 Å². The topological polar surface area (TPSA) is 201 Å². The van der Waals surface area contributed by atoms with Crippen molar-refractivity contribution in [3.63, 3.8) is 0 Å². The maximum absolute atomic E-state index is 13.1. The molecule has 272 valence electrons. The lowest BCUT2D eigenvalue weighted by Gasteiger charge is -2.17. The molecule has 5 N–H and O–H groups in total. The van der Waals surface area contributed by atoms with Gasteiger partial charge in [0, 0.05) is 6.07 Å². The molecule has 0 unspecified atom stereocenters. The maximum atomic E-state index is 13.1. The number of alkyl halides is 3. The maximum Gasteiger partial charge on any atom is 0.430 e. The first-order valence-corrected chi connectivity index (χ1v) is 17.2. The van der Waals surface area contributed by atoms with Crippen molar-refractivity contribution in [1.29, 1.82) is 0 Å². The Hall–Kier alpha value is -4.44. The number of ether oxygens (including phenoxy) is 1. The third-order valence-electron chi connectivity index (χ3n) is 7.16. The second kappa shape index (κ2) is 17.5. The number of carboxylic acid groups (broad SMARTS) is 1. The van der Waals surface area contributed by atoms with E-state index in [9.17, 15) is 22.5 Å². The van der Waals surface area contributed by atoms with Crippen LogP contribution in [-0.4, -0.2) is 52.9 Å². The number of nitrogens with zero attached hydrogens (tertiary/aromatic N) is 4. The highest BCUT2D eigenvalue weighted by Crippen LogP contribution is 2.46. The van der Waals surface area contributed by atoms with Gasteiger partial charge in [-0.25, -0.2) is 19.1 Å². The van der Waals surface area contributed by atoms with Crippen LogP contribution in [0.1, 0.15) is 49.1 Å². The van der Waals surface area contributed by atoms with E-state index in [2.05, 4.69) is 24.4 Å². The van der Waals surface area contributed by atoms with Crippen LogP contribution in [0.15, 0.2) is 42.5 Å². The standard InChI is InChI=1S/C29H37ClN7O5P.C2HF3O2/c1-5-36-23-17-20(40-4)12-15-22(23)37(24(36)18-33-29(38)25-27(31)35-28(32)26(30)34-25)16-8-9-19-10-13-21(14-11-19)43(39,41-6-2)42-7-3;3-2(4,5)1(6)7/h10-15,17H,5-9,16,18H2,1-4H3,(H4-,31,32,33,35,38);(H,6,7). The number of imidazole rings is 1. The summed E-state index contributed by atoms with van der Waals surface area (Å²) in [5, 5.41) is 12.2. The summed E-state index contributed by atoms with van der Waals surface area (Å²) in [4.78, 5) is 29.7. The van der Waals surface area contributed by atoms with Crippen LogP contribution >= 0.6 is 19.2 Å². The van der Waals surface area contributed by atoms with Gasteiger partial charge in [0.05, 0.1) is 38.7 Å². The van der Waals surface area contributed by atoms with Crippen LogP contribution in [0.25, 0.3) is 11.0 Å². The van der Waals surface area contributed by atoms with Crippen LogP contribution in [0.5, 0.6) is 5.75 Å². The van der Waals surface area contributed by atoms with Crippen molar-refractivity contribution in [2.45, 2.75) is 59.4 Å². The summed E-state index contributed by atoms with van der Waals surface area (Å²) in [6.07, 6.45) is -3.61. The number of amides is 1. The molecule has 0 saturated heterocycles. The van der Waals surface area contributed by atoms with E-state index in [0.717, 1.165) is 41.0 Å². The van der Waals surface area contributed by atoms with E-state index in [1.54, 1.807) is 21.0 Å². The molecule has 14 nitrogen and oxygen atoms in total. The Morgan fingerprint density at radius 3 is 2.20 bits per heavy atom. The Morgan fingerprint density at radius 2 is 1.66 bits per heavy atom. The van der Waals surface area contributed by atoms with Crippen LogP contribution in [0.4, 0.5) is 24.8 Å². The molecular weight excluding hydrogens is 706 g/mol. The average molecular weight is 744 g/mol. The number of nitrogen functional groups attached to an aromatic ring is 2. The summed E-state index contributed by atoms with van der Waals surface area (Å²) < 4.78 is 65.4. The second-order valence-corrected chi connectivity index (χ2v) is 12.8. The summed E-state index contributed by atoms with van der Waals surface area (Å²) in [7, 11) is -1.70. The van der Waals surface area contributed by atoms with Gasteiger partial charge in [-0.3, -0.25) is 9.36 Å². The predicted octanol–water partition coefficient (Wildman–Crippen LogP) is 3.32. The molecule has 0 bridgehead atoms. The first-order valence-electron chi connectivity index (χ1n) is 15.3. The van der Waals surface area contributed by atoms with E-state index in [1.165, 1.54) is 0 Å². The number of aryl methyl sites for hydroxylation is 3. The zero-order valence-electron chi connectivity index (χ0n) is 27.8. The molecule has 4 rings (SSSR count). The van der Waals surface area contributed by atoms with Gasteiger partial charge in [-0.15, -0.1) is 0 Å². The summed E-state index contributed by atoms with van der Waals surface area (Å²) in [6, 6.07) is 13.4. The first-order chi connectivity index (χ1) is 23.6. The molecule has 50 heavy (non-hydrogen) atoms. The van der Waals surface area contributed by atoms with Gasteiger partial charge in [0.2, 0.25) is 0 Å². The number of carbonyl (C=O) groups excluding carboxylic acids is 2. The van der Waals surface area contributed by atoms with Gasteiger partial charge >= 0.3 is 13.8 Å². The molecule has 0 aliphatic rings. The summed E-state index contributed by atoms with van der Waals surface area (Å²) in [5.74, 6) is -2.04. The molecule has 0 saturated carbocycles. The minimum Gasteiger partial charge on any atom is -0.542 e. The third kappa shape index (κ3) is 9.84. The van der Waals surface area contributed by atoms with Crippen molar-refractivity contribution in [1.82, 2.24) is 19.9 Å². The molecule has 0 spiro atoms. The van der Waals surface area contributed by atoms with E-state index in [1.807, 2.05) is 49.4 Å². The number of anilines is 2. The number of nitrogens with one attached hydrogen (secondary N) is 1. The smallest absolute Gasteiger partial charge is 0.430 e. The van der Waals surface area contributed by atoms with Gasteiger partial charge in [0.25, 0.3) is 11.7 Å². The summed E-state index contributed by atoms with van der Waals surface area (Å²) >= 11 is 5.99. The van der Waals surface area contributed by atoms with Gasteiger partial charge in [0.15, 0.2) is 33.5 Å². The number of aliphatic carboxylic acids is 1. The fourth-order valence-electron chi connectivity index (χ4n) is 4.96. The first kappa shape index (κ1) is 40.0. The lowest BCUT2D eigenvalue weighted by molar-refractivity contribution is -0.680. The van der Waals surface area contributed by atoms with Crippen molar-refractivity contribution in [3.05, 3.63) is 64.7 Å². The van der Waals surface area contributed by atoms with Crippen molar-refractivity contribution in [3.8, 4) is 5.75 Å². The predicted molar refractivity (Wildman–Crippen MR) is 178 cm³/mol. The van der Waals surface area contributed by atoms with Crippen molar-refractivity contribution in [2.24, 2.45) is 0 Å². The van der Waals surface area contributed by atoms with Crippen molar-refractivity contribution < 1.29 is 50.8 Å². The number of halogens is 4. The summed E-state index contributed by atoms with van der Waals surface area (Å²) in [5.41, 5.74) is 14.5. The number of fused-ring (bicyclic) bond motifs is 1. The highest BCUT2D eigenvalue weighted by Gasteiger charge is 2.29. The van der Waals surface area contributed by atoms with Gasteiger partial charge in [-0.05, 0) is 63.4 Å². The Labute approximate surface area is 291 Å². The summed E-state index contributed by atoms with van der Waals surface area (Å²) in [6.45, 7) is 7.76. The number of methoxy groups -OCH3 is 1. The van der Waals surface area contributed by atoms with Gasteiger partial charge in [-0.1, -0.05) is 23.7 Å². The monoisotopic (exact) mass is 743 g/mol. The van der Waals surface area contributed by atoms with Crippen LogP contribution in [-0.2, 0) is 44.5 Å². The van der Waals surface area contributed by atoms with Crippen molar-refractivity contribution >= 4 is 59.0 Å². The number of rotatable bonds is 14. The molecule has 4 aromatic rings. The Morgan fingerprint density at radius 1 is 1.04 bits per heavy atom. The largest absolute Gasteiger partial charge is 0.542 e. The van der Waals surface area contributed by atoms with Crippen LogP contribution in [0, 0.1) is 0 Å². The normalized spacial score (nSPS) is 11.6. The number of benzene rings is 2. The number of hydrogen-bond donors (Lipinski definition) is 3. The van der Waals surface area contributed by atoms with E-state index >= 15 is 0 Å². The molecule has 1 amide bonds. The van der Waals surface area contributed by atoms with Crippen LogP contribution in [0.3, 0.4) is 0 Å². The van der Waals surface area contributed by atoms with Gasteiger partial charge in [-0.2, -0.15) is 13.2 Å². The highest BCUT2D eigenvalue weighted by molar-refractivity contribution is 7.62. The van der Waals surface area contributed by atoms with Crippen molar-refractivity contribution in [2.75, 3.05) is 31.8 Å². The average Bonchev–Trinajstić information content (AvgIpc) is 3.36. The van der Waals surface area contributed by atoms with Crippen LogP contribution in [0.2, 0.25) is 5.15 Å². The second-order valence-electron chi connectivity index (χ2n) is 10.4. The molecule has 0 fully saturated rings. The number of aromatic nitrogens is 4. The van der Waals surface area contributed by atoms with E-state index < -0.39 is 25.6 Å².